The Balaban J connectivity index is 2.22. The van der Waals surface area contributed by atoms with E-state index in [1.165, 1.54) is 4.90 Å². The van der Waals surface area contributed by atoms with Crippen molar-refractivity contribution in [3.63, 3.8) is 0 Å². The monoisotopic (exact) mass is 276 g/mol. The van der Waals surface area contributed by atoms with Gasteiger partial charge >= 0.3 is 5.97 Å². The van der Waals surface area contributed by atoms with Gasteiger partial charge in [-0.1, -0.05) is 38.0 Å². The van der Waals surface area contributed by atoms with Crippen molar-refractivity contribution in [2.75, 3.05) is 11.4 Å². The van der Waals surface area contributed by atoms with Gasteiger partial charge < -0.3 is 15.7 Å². The van der Waals surface area contributed by atoms with Gasteiger partial charge in [0.25, 0.3) is 0 Å². The maximum atomic E-state index is 12.4. The van der Waals surface area contributed by atoms with Crippen molar-refractivity contribution in [3.05, 3.63) is 29.8 Å². The largest absolute Gasteiger partial charge is 0.481 e. The van der Waals surface area contributed by atoms with Crippen LogP contribution in [0.3, 0.4) is 0 Å². The number of amides is 1. The van der Waals surface area contributed by atoms with Gasteiger partial charge in [-0.05, 0) is 18.1 Å². The zero-order chi connectivity index (χ0) is 14.7. The van der Waals surface area contributed by atoms with Crippen LogP contribution in [0.4, 0.5) is 5.69 Å². The van der Waals surface area contributed by atoms with Crippen LogP contribution in [0.25, 0.3) is 0 Å². The van der Waals surface area contributed by atoms with Crippen molar-refractivity contribution in [1.29, 1.82) is 0 Å². The van der Waals surface area contributed by atoms with Crippen molar-refractivity contribution in [2.24, 2.45) is 5.73 Å². The van der Waals surface area contributed by atoms with Crippen molar-refractivity contribution in [1.82, 2.24) is 0 Å². The Bertz CT molecular complexity index is 516. The molecule has 1 amide bonds. The van der Waals surface area contributed by atoms with Crippen LogP contribution in [-0.4, -0.2) is 29.6 Å². The lowest BCUT2D eigenvalue weighted by atomic mass is 10.0. The van der Waals surface area contributed by atoms with Gasteiger partial charge in [0.15, 0.2) is 0 Å². The number of carboxylic acids is 1. The van der Waals surface area contributed by atoms with E-state index < -0.39 is 17.9 Å². The van der Waals surface area contributed by atoms with Crippen molar-refractivity contribution in [3.8, 4) is 0 Å². The zero-order valence-corrected chi connectivity index (χ0v) is 11.6. The highest BCUT2D eigenvalue weighted by Crippen LogP contribution is 2.36. The van der Waals surface area contributed by atoms with Gasteiger partial charge in [-0.25, -0.2) is 0 Å². The molecule has 108 valence electrons. The summed E-state index contributed by atoms with van der Waals surface area (Å²) in [5, 5.41) is 9.27. The fourth-order valence-corrected chi connectivity index (χ4v) is 2.57. The van der Waals surface area contributed by atoms with Gasteiger partial charge in [-0.15, -0.1) is 0 Å². The maximum Gasteiger partial charge on any atom is 0.312 e. The number of hydrogen-bond acceptors (Lipinski definition) is 3. The average molecular weight is 276 g/mol. The molecular weight excluding hydrogens is 256 g/mol. The fourth-order valence-electron chi connectivity index (χ4n) is 2.57. The number of anilines is 1. The number of unbranched alkanes of at least 4 members (excludes halogenated alkanes) is 1. The van der Waals surface area contributed by atoms with Crippen LogP contribution < -0.4 is 10.6 Å². The summed E-state index contributed by atoms with van der Waals surface area (Å²) >= 11 is 0. The normalized spacial score (nSPS) is 18.7. The van der Waals surface area contributed by atoms with Crippen LogP contribution in [-0.2, 0) is 9.59 Å². The number of aliphatic carboxylic acids is 1. The Morgan fingerprint density at radius 3 is 2.80 bits per heavy atom. The summed E-state index contributed by atoms with van der Waals surface area (Å²) in [5.74, 6) is -1.75. The molecule has 0 saturated heterocycles. The second-order valence-electron chi connectivity index (χ2n) is 5.15. The van der Waals surface area contributed by atoms with Crippen molar-refractivity contribution < 1.29 is 14.7 Å². The van der Waals surface area contributed by atoms with E-state index >= 15 is 0 Å². The van der Waals surface area contributed by atoms with Gasteiger partial charge in [0.05, 0.1) is 6.04 Å². The number of carbonyl (C=O) groups is 2. The Morgan fingerprint density at radius 2 is 2.15 bits per heavy atom. The Hall–Kier alpha value is -1.88. The SMILES string of the molecule is CCCC[C@H](N)C(=O)N1CC(C(=O)O)c2ccccc21. The van der Waals surface area contributed by atoms with E-state index in [4.69, 9.17) is 5.73 Å². The molecule has 5 heteroatoms. The van der Waals surface area contributed by atoms with Crippen LogP contribution in [0.15, 0.2) is 24.3 Å². The fraction of sp³-hybridized carbons (Fsp3) is 0.467. The van der Waals surface area contributed by atoms with Gasteiger partial charge in [0.1, 0.15) is 5.92 Å². The summed E-state index contributed by atoms with van der Waals surface area (Å²) in [5.41, 5.74) is 7.29. The number of rotatable bonds is 5. The minimum Gasteiger partial charge on any atom is -0.481 e. The molecule has 0 saturated carbocycles. The number of carboxylic acid groups (broad SMARTS) is 1. The number of para-hydroxylation sites is 1. The Kier molecular flexibility index (Phi) is 4.39. The summed E-state index contributed by atoms with van der Waals surface area (Å²) in [7, 11) is 0. The molecule has 0 radical (unpaired) electrons. The van der Waals surface area contributed by atoms with E-state index in [0.717, 1.165) is 12.8 Å². The lowest BCUT2D eigenvalue weighted by molar-refractivity contribution is -0.138. The molecule has 1 heterocycles. The molecule has 0 spiro atoms. The first-order valence-electron chi connectivity index (χ1n) is 6.95. The minimum absolute atomic E-state index is 0.174. The molecule has 2 rings (SSSR count). The van der Waals surface area contributed by atoms with Gasteiger partial charge in [0.2, 0.25) is 5.91 Å². The van der Waals surface area contributed by atoms with E-state index in [1.807, 2.05) is 6.92 Å². The second kappa shape index (κ2) is 6.05. The summed E-state index contributed by atoms with van der Waals surface area (Å²) in [6, 6.07) is 6.58. The van der Waals surface area contributed by atoms with Crippen molar-refractivity contribution in [2.45, 2.75) is 38.1 Å². The van der Waals surface area contributed by atoms with E-state index in [1.54, 1.807) is 24.3 Å². The standard InChI is InChI=1S/C15H20N2O3/c1-2-3-7-12(16)14(18)17-9-11(15(19)20)10-6-4-5-8-13(10)17/h4-6,8,11-12H,2-3,7,9,16H2,1H3,(H,19,20)/t11?,12-/m0/s1. The highest BCUT2D eigenvalue weighted by molar-refractivity contribution is 6.01. The summed E-state index contributed by atoms with van der Waals surface area (Å²) in [4.78, 5) is 25.2. The molecule has 1 aliphatic rings. The molecule has 0 aromatic heterocycles. The first-order chi connectivity index (χ1) is 9.56. The van der Waals surface area contributed by atoms with Crippen LogP contribution >= 0.6 is 0 Å². The third kappa shape index (κ3) is 2.67. The van der Waals surface area contributed by atoms with Crippen LogP contribution in [0, 0.1) is 0 Å². The third-order valence-electron chi connectivity index (χ3n) is 3.72. The topological polar surface area (TPSA) is 83.6 Å². The molecule has 1 unspecified atom stereocenters. The van der Waals surface area contributed by atoms with Gasteiger partial charge in [0, 0.05) is 12.2 Å². The smallest absolute Gasteiger partial charge is 0.312 e. The van der Waals surface area contributed by atoms with Gasteiger partial charge in [-0.3, -0.25) is 9.59 Å². The number of hydrogen-bond donors (Lipinski definition) is 2. The number of nitrogens with zero attached hydrogens (tertiary/aromatic N) is 1. The molecule has 0 bridgehead atoms. The first-order valence-corrected chi connectivity index (χ1v) is 6.95. The highest BCUT2D eigenvalue weighted by atomic mass is 16.4. The molecule has 0 aliphatic carbocycles. The van der Waals surface area contributed by atoms with Crippen LogP contribution in [0.2, 0.25) is 0 Å². The predicted octanol–water partition coefficient (Wildman–Crippen LogP) is 1.72. The van der Waals surface area contributed by atoms with E-state index in [2.05, 4.69) is 0 Å². The molecule has 1 aliphatic heterocycles. The van der Waals surface area contributed by atoms with Crippen LogP contribution in [0.1, 0.15) is 37.7 Å². The lowest BCUT2D eigenvalue weighted by Crippen LogP contribution is -2.43. The van der Waals surface area contributed by atoms with E-state index in [-0.39, 0.29) is 12.5 Å². The number of benzene rings is 1. The summed E-state index contributed by atoms with van der Waals surface area (Å²) < 4.78 is 0. The molecule has 3 N–H and O–H groups in total. The zero-order valence-electron chi connectivity index (χ0n) is 11.6. The summed E-state index contributed by atoms with van der Waals surface area (Å²) in [6.07, 6.45) is 2.51. The molecule has 5 nitrogen and oxygen atoms in total. The highest BCUT2D eigenvalue weighted by Gasteiger charge is 2.37. The second-order valence-corrected chi connectivity index (χ2v) is 5.15. The Morgan fingerprint density at radius 1 is 1.45 bits per heavy atom. The number of fused-ring (bicyclic) bond motifs is 1. The van der Waals surface area contributed by atoms with Gasteiger partial charge in [-0.2, -0.15) is 0 Å². The molecule has 2 atom stereocenters. The lowest BCUT2D eigenvalue weighted by Gasteiger charge is -2.21. The minimum atomic E-state index is -0.908. The molecule has 20 heavy (non-hydrogen) atoms. The van der Waals surface area contributed by atoms with Crippen molar-refractivity contribution >= 4 is 17.6 Å². The quantitative estimate of drug-likeness (QED) is 0.857. The number of carbonyl (C=O) groups excluding carboxylic acids is 1. The van der Waals surface area contributed by atoms with Crippen LogP contribution in [0.5, 0.6) is 0 Å². The third-order valence-corrected chi connectivity index (χ3v) is 3.72. The Labute approximate surface area is 118 Å². The molecule has 0 fully saturated rings. The first kappa shape index (κ1) is 14.5. The number of nitrogens with two attached hydrogens (primary N) is 1. The summed E-state index contributed by atoms with van der Waals surface area (Å²) in [6.45, 7) is 2.22. The average Bonchev–Trinajstić information content (AvgIpc) is 2.83. The van der Waals surface area contributed by atoms with E-state index in [0.29, 0.717) is 17.7 Å². The molecular formula is C15H20N2O3. The molecule has 1 aromatic carbocycles. The molecule has 1 aromatic rings. The van der Waals surface area contributed by atoms with E-state index in [9.17, 15) is 14.7 Å². The predicted molar refractivity (Wildman–Crippen MR) is 76.7 cm³/mol. The maximum absolute atomic E-state index is 12.4.